The van der Waals surface area contributed by atoms with Crippen LogP contribution < -0.4 is 5.43 Å². The fourth-order valence-electron chi connectivity index (χ4n) is 3.06. The maximum Gasteiger partial charge on any atom is 0.255 e. The molecular formula is C20H23N3O3S. The van der Waals surface area contributed by atoms with Crippen LogP contribution in [0.5, 0.6) is 0 Å². The Morgan fingerprint density at radius 2 is 1.81 bits per heavy atom. The monoisotopic (exact) mass is 385 g/mol. The van der Waals surface area contributed by atoms with Gasteiger partial charge in [0.15, 0.2) is 0 Å². The number of nitrogens with one attached hydrogen (secondary N) is 1. The molecule has 0 saturated heterocycles. The molecule has 0 spiro atoms. The fraction of sp³-hybridized carbons (Fsp3) is 0.300. The zero-order chi connectivity index (χ0) is 19.4. The minimum atomic E-state index is -3.72. The molecule has 27 heavy (non-hydrogen) atoms. The molecule has 2 aromatic rings. The molecule has 0 fully saturated rings. The first-order chi connectivity index (χ1) is 12.9. The third-order valence-corrected chi connectivity index (χ3v) is 6.42. The molecule has 2 aromatic carbocycles. The van der Waals surface area contributed by atoms with Gasteiger partial charge in [0.1, 0.15) is 0 Å². The molecule has 7 heteroatoms. The van der Waals surface area contributed by atoms with Gasteiger partial charge in [-0.3, -0.25) is 4.79 Å². The van der Waals surface area contributed by atoms with E-state index < -0.39 is 15.9 Å². The highest BCUT2D eigenvalue weighted by atomic mass is 32.2. The molecule has 1 N–H and O–H groups in total. The summed E-state index contributed by atoms with van der Waals surface area (Å²) < 4.78 is 26.1. The number of sulfonamides is 1. The quantitative estimate of drug-likeness (QED) is 0.803. The highest BCUT2D eigenvalue weighted by Gasteiger charge is 2.23. The van der Waals surface area contributed by atoms with Gasteiger partial charge in [-0.25, -0.2) is 13.8 Å². The van der Waals surface area contributed by atoms with E-state index in [1.54, 1.807) is 12.1 Å². The Morgan fingerprint density at radius 3 is 2.56 bits per heavy atom. The normalized spacial score (nSPS) is 15.6. The molecule has 3 rings (SSSR count). The molecule has 0 aliphatic heterocycles. The summed E-state index contributed by atoms with van der Waals surface area (Å²) in [6, 6.07) is 14.5. The molecule has 1 aliphatic rings. The van der Waals surface area contributed by atoms with Gasteiger partial charge in [0, 0.05) is 12.6 Å². The van der Waals surface area contributed by atoms with Gasteiger partial charge in [-0.1, -0.05) is 42.0 Å². The maximum atomic E-state index is 12.6. The van der Waals surface area contributed by atoms with Crippen LogP contribution in [0.1, 0.15) is 29.5 Å². The van der Waals surface area contributed by atoms with Gasteiger partial charge in [-0.2, -0.15) is 9.41 Å². The molecule has 142 valence electrons. The van der Waals surface area contributed by atoms with Gasteiger partial charge in [0.25, 0.3) is 5.91 Å². The Morgan fingerprint density at radius 1 is 1.11 bits per heavy atom. The zero-order valence-corrected chi connectivity index (χ0v) is 16.3. The molecule has 1 aliphatic carbocycles. The third-order valence-electron chi connectivity index (χ3n) is 4.60. The van der Waals surface area contributed by atoms with Crippen LogP contribution in [0, 0.1) is 6.92 Å². The Labute approximate surface area is 159 Å². The standard InChI is InChI=1S/C20H23N3O3S/c1-15-10-12-17(13-11-15)27(25,26)23(2)14-20(24)22-21-19-9-5-7-16-6-3-4-8-18(16)19/h3-4,6,8,10-13H,5,7,9,14H2,1-2H3,(H,22,24)/b21-19+. The van der Waals surface area contributed by atoms with E-state index in [9.17, 15) is 13.2 Å². The van der Waals surface area contributed by atoms with Crippen molar-refractivity contribution in [3.8, 4) is 0 Å². The van der Waals surface area contributed by atoms with E-state index in [1.807, 2.05) is 25.1 Å². The number of rotatable bonds is 5. The number of carbonyl (C=O) groups is 1. The van der Waals surface area contributed by atoms with E-state index in [0.29, 0.717) is 0 Å². The van der Waals surface area contributed by atoms with Crippen LogP contribution in [0.25, 0.3) is 0 Å². The van der Waals surface area contributed by atoms with Gasteiger partial charge in [0.05, 0.1) is 17.2 Å². The van der Waals surface area contributed by atoms with Crippen LogP contribution in [0.2, 0.25) is 0 Å². The predicted octanol–water partition coefficient (Wildman–Crippen LogP) is 2.47. The Hall–Kier alpha value is -2.51. The first kappa shape index (κ1) is 19.3. The van der Waals surface area contributed by atoms with Gasteiger partial charge in [0.2, 0.25) is 10.0 Å². The number of amides is 1. The summed E-state index contributed by atoms with van der Waals surface area (Å²) in [5.74, 6) is -0.469. The van der Waals surface area contributed by atoms with E-state index >= 15 is 0 Å². The van der Waals surface area contributed by atoms with Gasteiger partial charge < -0.3 is 0 Å². The lowest BCUT2D eigenvalue weighted by molar-refractivity contribution is -0.121. The molecule has 0 atom stereocenters. The number of fused-ring (bicyclic) bond motifs is 1. The molecule has 6 nitrogen and oxygen atoms in total. The zero-order valence-electron chi connectivity index (χ0n) is 15.5. The molecule has 0 unspecified atom stereocenters. The van der Waals surface area contributed by atoms with Crippen molar-refractivity contribution in [3.05, 3.63) is 65.2 Å². The molecular weight excluding hydrogens is 362 g/mol. The van der Waals surface area contributed by atoms with Crippen molar-refractivity contribution in [3.63, 3.8) is 0 Å². The number of nitrogens with zero attached hydrogens (tertiary/aromatic N) is 2. The van der Waals surface area contributed by atoms with E-state index in [1.165, 1.54) is 24.7 Å². The lowest BCUT2D eigenvalue weighted by Crippen LogP contribution is -2.37. The number of hydrogen-bond donors (Lipinski definition) is 1. The Kier molecular flexibility index (Phi) is 5.72. The van der Waals surface area contributed by atoms with Gasteiger partial charge in [-0.05, 0) is 43.9 Å². The molecule has 0 radical (unpaired) electrons. The Balaban J connectivity index is 1.67. The first-order valence-electron chi connectivity index (χ1n) is 8.84. The van der Waals surface area contributed by atoms with Crippen molar-refractivity contribution >= 4 is 21.6 Å². The highest BCUT2D eigenvalue weighted by Crippen LogP contribution is 2.21. The van der Waals surface area contributed by atoms with Crippen LogP contribution in [0.4, 0.5) is 0 Å². The van der Waals surface area contributed by atoms with Crippen LogP contribution >= 0.6 is 0 Å². The maximum absolute atomic E-state index is 12.6. The lowest BCUT2D eigenvalue weighted by atomic mass is 9.90. The summed E-state index contributed by atoms with van der Waals surface area (Å²) in [7, 11) is -2.33. The van der Waals surface area contributed by atoms with E-state index in [-0.39, 0.29) is 11.4 Å². The minimum Gasteiger partial charge on any atom is -0.272 e. The summed E-state index contributed by atoms with van der Waals surface area (Å²) in [6.07, 6.45) is 2.77. The van der Waals surface area contributed by atoms with Crippen molar-refractivity contribution in [2.45, 2.75) is 31.1 Å². The number of benzene rings is 2. The average molecular weight is 385 g/mol. The number of hydrogen-bond acceptors (Lipinski definition) is 4. The lowest BCUT2D eigenvalue weighted by Gasteiger charge is -2.18. The molecule has 1 amide bonds. The smallest absolute Gasteiger partial charge is 0.255 e. The second-order valence-corrected chi connectivity index (χ2v) is 8.72. The Bertz CT molecular complexity index is 966. The summed E-state index contributed by atoms with van der Waals surface area (Å²) >= 11 is 0. The van der Waals surface area contributed by atoms with Crippen LogP contribution in [-0.4, -0.2) is 37.9 Å². The van der Waals surface area contributed by atoms with Crippen LogP contribution in [0.15, 0.2) is 58.5 Å². The van der Waals surface area contributed by atoms with Gasteiger partial charge >= 0.3 is 0 Å². The molecule has 0 bridgehead atoms. The number of aryl methyl sites for hydroxylation is 2. The van der Waals surface area contributed by atoms with Crippen LogP contribution in [-0.2, 0) is 21.2 Å². The SMILES string of the molecule is Cc1ccc(S(=O)(=O)N(C)CC(=O)N/N=C2\CCCc3ccccc32)cc1. The van der Waals surface area contributed by atoms with Crippen molar-refractivity contribution < 1.29 is 13.2 Å². The molecule has 0 saturated carbocycles. The highest BCUT2D eigenvalue weighted by molar-refractivity contribution is 7.89. The summed E-state index contributed by atoms with van der Waals surface area (Å²) in [5, 5.41) is 4.24. The van der Waals surface area contributed by atoms with E-state index in [4.69, 9.17) is 0 Å². The van der Waals surface area contributed by atoms with Gasteiger partial charge in [-0.15, -0.1) is 0 Å². The van der Waals surface area contributed by atoms with Crippen molar-refractivity contribution in [1.82, 2.24) is 9.73 Å². The van der Waals surface area contributed by atoms with Crippen LogP contribution in [0.3, 0.4) is 0 Å². The molecule has 0 heterocycles. The summed E-state index contributed by atoms with van der Waals surface area (Å²) in [5.41, 5.74) is 6.56. The number of hydrazone groups is 1. The summed E-state index contributed by atoms with van der Waals surface area (Å²) in [6.45, 7) is 1.59. The number of likely N-dealkylation sites (N-methyl/N-ethyl adjacent to an activating group) is 1. The predicted molar refractivity (Wildman–Crippen MR) is 105 cm³/mol. The van der Waals surface area contributed by atoms with E-state index in [0.717, 1.165) is 40.4 Å². The summed E-state index contributed by atoms with van der Waals surface area (Å²) in [4.78, 5) is 12.4. The third kappa shape index (κ3) is 4.43. The topological polar surface area (TPSA) is 78.8 Å². The van der Waals surface area contributed by atoms with Crippen molar-refractivity contribution in [1.29, 1.82) is 0 Å². The molecule has 0 aromatic heterocycles. The van der Waals surface area contributed by atoms with E-state index in [2.05, 4.69) is 16.6 Å². The first-order valence-corrected chi connectivity index (χ1v) is 10.3. The van der Waals surface area contributed by atoms with Crippen molar-refractivity contribution in [2.24, 2.45) is 5.10 Å². The second-order valence-electron chi connectivity index (χ2n) is 6.68. The number of carbonyl (C=O) groups excluding carboxylic acids is 1. The second kappa shape index (κ2) is 8.02. The van der Waals surface area contributed by atoms with Crippen molar-refractivity contribution in [2.75, 3.05) is 13.6 Å². The average Bonchev–Trinajstić information content (AvgIpc) is 2.66. The minimum absolute atomic E-state index is 0.163. The largest absolute Gasteiger partial charge is 0.272 e. The fourth-order valence-corrected chi connectivity index (χ4v) is 4.19.